The maximum absolute atomic E-state index is 12.1. The zero-order chi connectivity index (χ0) is 13.1. The lowest BCUT2D eigenvalue weighted by Crippen LogP contribution is -2.28. The topological polar surface area (TPSA) is 33.5 Å². The molecule has 1 amide bonds. The van der Waals surface area contributed by atoms with Crippen molar-refractivity contribution in [2.45, 2.75) is 12.8 Å². The van der Waals surface area contributed by atoms with E-state index in [0.717, 1.165) is 25.9 Å². The highest BCUT2D eigenvalue weighted by atomic mass is 16.3. The maximum Gasteiger partial charge on any atom is 0.289 e. The molecule has 3 nitrogen and oxygen atoms in total. The Morgan fingerprint density at radius 1 is 1.21 bits per heavy atom. The number of rotatable bonds is 3. The SMILES string of the molecule is O=C(c1ccco1)N1CCC(Cc2ccccc2)C1. The summed E-state index contributed by atoms with van der Waals surface area (Å²) in [5, 5.41) is 0. The Kier molecular flexibility index (Phi) is 3.36. The van der Waals surface area contributed by atoms with Crippen LogP contribution in [-0.2, 0) is 6.42 Å². The summed E-state index contributed by atoms with van der Waals surface area (Å²) >= 11 is 0. The minimum absolute atomic E-state index is 0.0144. The van der Waals surface area contributed by atoms with Gasteiger partial charge in [-0.3, -0.25) is 4.79 Å². The second-order valence-electron chi connectivity index (χ2n) is 5.07. The fourth-order valence-corrected chi connectivity index (χ4v) is 2.69. The van der Waals surface area contributed by atoms with E-state index in [9.17, 15) is 4.79 Å². The van der Waals surface area contributed by atoms with Crippen LogP contribution in [0.5, 0.6) is 0 Å². The van der Waals surface area contributed by atoms with Gasteiger partial charge in [0.25, 0.3) is 5.91 Å². The number of benzene rings is 1. The molecule has 1 aliphatic heterocycles. The number of hydrogen-bond acceptors (Lipinski definition) is 2. The van der Waals surface area contributed by atoms with Crippen LogP contribution in [0.4, 0.5) is 0 Å². The molecule has 1 fully saturated rings. The first-order valence-corrected chi connectivity index (χ1v) is 6.69. The van der Waals surface area contributed by atoms with E-state index in [1.807, 2.05) is 11.0 Å². The third-order valence-electron chi connectivity index (χ3n) is 3.67. The van der Waals surface area contributed by atoms with Crippen molar-refractivity contribution >= 4 is 5.91 Å². The van der Waals surface area contributed by atoms with E-state index in [2.05, 4.69) is 24.3 Å². The predicted molar refractivity (Wildman–Crippen MR) is 72.9 cm³/mol. The summed E-state index contributed by atoms with van der Waals surface area (Å²) in [7, 11) is 0. The minimum atomic E-state index is 0.0144. The molecular weight excluding hydrogens is 238 g/mol. The summed E-state index contributed by atoms with van der Waals surface area (Å²) in [5.74, 6) is 1.02. The Balaban J connectivity index is 1.60. The molecule has 3 rings (SSSR count). The van der Waals surface area contributed by atoms with E-state index in [1.54, 1.807) is 18.4 Å². The van der Waals surface area contributed by atoms with E-state index in [0.29, 0.717) is 11.7 Å². The van der Waals surface area contributed by atoms with Crippen molar-refractivity contribution in [2.24, 2.45) is 5.92 Å². The third-order valence-corrected chi connectivity index (χ3v) is 3.67. The molecule has 0 saturated carbocycles. The van der Waals surface area contributed by atoms with Gasteiger partial charge >= 0.3 is 0 Å². The smallest absolute Gasteiger partial charge is 0.289 e. The van der Waals surface area contributed by atoms with Crippen LogP contribution in [0, 0.1) is 5.92 Å². The monoisotopic (exact) mass is 255 g/mol. The van der Waals surface area contributed by atoms with Crippen LogP contribution < -0.4 is 0 Å². The van der Waals surface area contributed by atoms with Gasteiger partial charge in [-0.2, -0.15) is 0 Å². The van der Waals surface area contributed by atoms with Crippen molar-refractivity contribution < 1.29 is 9.21 Å². The number of likely N-dealkylation sites (tertiary alicyclic amines) is 1. The molecule has 0 radical (unpaired) electrons. The highest BCUT2D eigenvalue weighted by Crippen LogP contribution is 2.22. The first kappa shape index (κ1) is 12.0. The first-order valence-electron chi connectivity index (χ1n) is 6.69. The number of nitrogens with zero attached hydrogens (tertiary/aromatic N) is 1. The highest BCUT2D eigenvalue weighted by molar-refractivity contribution is 5.91. The van der Waals surface area contributed by atoms with Crippen LogP contribution in [0.25, 0.3) is 0 Å². The summed E-state index contributed by atoms with van der Waals surface area (Å²) in [5.41, 5.74) is 1.35. The largest absolute Gasteiger partial charge is 0.459 e. The predicted octanol–water partition coefficient (Wildman–Crippen LogP) is 2.98. The van der Waals surface area contributed by atoms with E-state index >= 15 is 0 Å². The molecule has 2 heterocycles. The van der Waals surface area contributed by atoms with Gasteiger partial charge in [-0.05, 0) is 36.5 Å². The molecule has 1 saturated heterocycles. The van der Waals surface area contributed by atoms with Crippen molar-refractivity contribution in [2.75, 3.05) is 13.1 Å². The van der Waals surface area contributed by atoms with Crippen molar-refractivity contribution in [1.29, 1.82) is 0 Å². The van der Waals surface area contributed by atoms with Gasteiger partial charge < -0.3 is 9.32 Å². The lowest BCUT2D eigenvalue weighted by Gasteiger charge is -2.15. The summed E-state index contributed by atoms with van der Waals surface area (Å²) in [6, 6.07) is 13.9. The Hall–Kier alpha value is -2.03. The second kappa shape index (κ2) is 5.31. The van der Waals surface area contributed by atoms with Crippen LogP contribution in [0.1, 0.15) is 22.5 Å². The van der Waals surface area contributed by atoms with Crippen molar-refractivity contribution in [1.82, 2.24) is 4.90 Å². The summed E-state index contributed by atoms with van der Waals surface area (Å²) < 4.78 is 5.17. The maximum atomic E-state index is 12.1. The lowest BCUT2D eigenvalue weighted by atomic mass is 9.99. The van der Waals surface area contributed by atoms with E-state index in [1.165, 1.54) is 5.56 Å². The number of amides is 1. The average molecular weight is 255 g/mol. The van der Waals surface area contributed by atoms with E-state index in [4.69, 9.17) is 4.42 Å². The van der Waals surface area contributed by atoms with Crippen LogP contribution in [0.15, 0.2) is 53.1 Å². The molecular formula is C16H17NO2. The zero-order valence-corrected chi connectivity index (χ0v) is 10.8. The van der Waals surface area contributed by atoms with Crippen LogP contribution in [0.2, 0.25) is 0 Å². The number of carbonyl (C=O) groups excluding carboxylic acids is 1. The van der Waals surface area contributed by atoms with Gasteiger partial charge in [0.15, 0.2) is 5.76 Å². The molecule has 3 heteroatoms. The molecule has 2 aromatic rings. The molecule has 98 valence electrons. The molecule has 0 aliphatic carbocycles. The number of hydrogen-bond donors (Lipinski definition) is 0. The summed E-state index contributed by atoms with van der Waals surface area (Å²) in [6.07, 6.45) is 3.66. The van der Waals surface area contributed by atoms with Crippen LogP contribution in [0.3, 0.4) is 0 Å². The normalized spacial score (nSPS) is 18.7. The van der Waals surface area contributed by atoms with Crippen molar-refractivity contribution in [3.05, 3.63) is 60.1 Å². The highest BCUT2D eigenvalue weighted by Gasteiger charge is 2.28. The summed E-state index contributed by atoms with van der Waals surface area (Å²) in [4.78, 5) is 14.0. The average Bonchev–Trinajstić information content (AvgIpc) is 3.10. The molecule has 1 atom stereocenters. The Labute approximate surface area is 112 Å². The van der Waals surface area contributed by atoms with Crippen molar-refractivity contribution in [3.63, 3.8) is 0 Å². The standard InChI is InChI=1S/C16H17NO2/c18-16(15-7-4-10-19-15)17-9-8-14(12-17)11-13-5-2-1-3-6-13/h1-7,10,14H,8-9,11-12H2. The molecule has 0 N–H and O–H groups in total. The van der Waals surface area contributed by atoms with E-state index in [-0.39, 0.29) is 5.91 Å². The third kappa shape index (κ3) is 2.70. The van der Waals surface area contributed by atoms with Gasteiger partial charge in [0.1, 0.15) is 0 Å². The first-order chi connectivity index (χ1) is 9.33. The van der Waals surface area contributed by atoms with Gasteiger partial charge in [0.05, 0.1) is 6.26 Å². The Morgan fingerprint density at radius 3 is 2.79 bits per heavy atom. The van der Waals surface area contributed by atoms with E-state index < -0.39 is 0 Å². The lowest BCUT2D eigenvalue weighted by molar-refractivity contribution is 0.0755. The molecule has 1 unspecified atom stereocenters. The number of furan rings is 1. The fourth-order valence-electron chi connectivity index (χ4n) is 2.69. The van der Waals surface area contributed by atoms with Crippen molar-refractivity contribution in [3.8, 4) is 0 Å². The van der Waals surface area contributed by atoms with Gasteiger partial charge in [0.2, 0.25) is 0 Å². The minimum Gasteiger partial charge on any atom is -0.459 e. The molecule has 0 spiro atoms. The zero-order valence-electron chi connectivity index (χ0n) is 10.8. The fraction of sp³-hybridized carbons (Fsp3) is 0.312. The van der Waals surface area contributed by atoms with Crippen LogP contribution in [-0.4, -0.2) is 23.9 Å². The molecule has 1 aromatic heterocycles. The van der Waals surface area contributed by atoms with Gasteiger partial charge in [-0.25, -0.2) is 0 Å². The summed E-state index contributed by atoms with van der Waals surface area (Å²) in [6.45, 7) is 1.66. The number of carbonyl (C=O) groups is 1. The van der Waals surface area contributed by atoms with Crippen LogP contribution >= 0.6 is 0 Å². The van der Waals surface area contributed by atoms with Gasteiger partial charge in [-0.15, -0.1) is 0 Å². The van der Waals surface area contributed by atoms with Gasteiger partial charge in [-0.1, -0.05) is 30.3 Å². The molecule has 19 heavy (non-hydrogen) atoms. The van der Waals surface area contributed by atoms with Gasteiger partial charge in [0, 0.05) is 13.1 Å². The second-order valence-corrected chi connectivity index (χ2v) is 5.07. The molecule has 1 aliphatic rings. The molecule has 0 bridgehead atoms. The Morgan fingerprint density at radius 2 is 2.05 bits per heavy atom. The quantitative estimate of drug-likeness (QED) is 0.844. The Bertz CT molecular complexity index is 533. The molecule has 1 aromatic carbocycles.